The van der Waals surface area contributed by atoms with Crippen molar-refractivity contribution < 1.29 is 27.7 Å². The van der Waals surface area contributed by atoms with Crippen molar-refractivity contribution in [1.82, 2.24) is 0 Å². The number of benzene rings is 2. The highest BCUT2D eigenvalue weighted by atomic mass is 31.2. The molecule has 8 heteroatoms. The van der Waals surface area contributed by atoms with Gasteiger partial charge in [0.05, 0.1) is 23.2 Å². The van der Waals surface area contributed by atoms with Crippen molar-refractivity contribution in [3.05, 3.63) is 59.0 Å². The Hall–Kier alpha value is -2.60. The van der Waals surface area contributed by atoms with Gasteiger partial charge in [-0.25, -0.2) is 4.57 Å². The molecular formula is C25H31O7P. The van der Waals surface area contributed by atoms with Crippen LogP contribution in [0.15, 0.2) is 57.9 Å². The summed E-state index contributed by atoms with van der Waals surface area (Å²) >= 11 is 0. The number of hydrogen-bond acceptors (Lipinski definition) is 7. The molecule has 0 saturated carbocycles. The molecule has 2 atom stereocenters. The molecule has 33 heavy (non-hydrogen) atoms. The van der Waals surface area contributed by atoms with E-state index in [1.807, 2.05) is 27.7 Å². The number of phosphoric ester groups is 1. The monoisotopic (exact) mass is 474 g/mol. The molecule has 7 nitrogen and oxygen atoms in total. The Morgan fingerprint density at radius 2 is 1.58 bits per heavy atom. The molecule has 1 heterocycles. The van der Waals surface area contributed by atoms with Crippen LogP contribution in [0.25, 0.3) is 22.1 Å². The van der Waals surface area contributed by atoms with E-state index in [0.29, 0.717) is 29.4 Å². The lowest BCUT2D eigenvalue weighted by molar-refractivity contribution is 0.0842. The van der Waals surface area contributed by atoms with Crippen molar-refractivity contribution >= 4 is 18.8 Å². The van der Waals surface area contributed by atoms with Crippen molar-refractivity contribution in [2.45, 2.75) is 65.6 Å². The maximum Gasteiger partial charge on any atom is 0.530 e. The zero-order valence-corrected chi connectivity index (χ0v) is 20.3. The number of phenolic OH excluding ortho intramolecular Hbond substituents is 1. The van der Waals surface area contributed by atoms with Crippen LogP contribution >= 0.6 is 7.82 Å². The molecule has 3 rings (SSSR count). The summed E-state index contributed by atoms with van der Waals surface area (Å²) in [6.45, 7) is 7.70. The second-order valence-corrected chi connectivity index (χ2v) is 9.63. The third-order valence-corrected chi connectivity index (χ3v) is 6.82. The summed E-state index contributed by atoms with van der Waals surface area (Å²) in [5, 5.41) is 9.83. The molecule has 0 bridgehead atoms. The second-order valence-electron chi connectivity index (χ2n) is 8.13. The summed E-state index contributed by atoms with van der Waals surface area (Å²) in [5.41, 5.74) is 1.06. The zero-order chi connectivity index (χ0) is 24.0. The van der Waals surface area contributed by atoms with Gasteiger partial charge in [-0.05, 0) is 56.5 Å². The number of aromatic hydroxyl groups is 1. The third-order valence-electron chi connectivity index (χ3n) is 5.15. The molecule has 0 aliphatic heterocycles. The highest BCUT2D eigenvalue weighted by molar-refractivity contribution is 7.49. The predicted molar refractivity (Wildman–Crippen MR) is 129 cm³/mol. The van der Waals surface area contributed by atoms with E-state index in [1.165, 1.54) is 24.5 Å². The molecule has 2 unspecified atom stereocenters. The number of phosphoric acid groups is 1. The standard InChI is InChI=1S/C25H31O7P/c1-5-7-17(3)30-33(28,31-18(4)8-6-2)32-21-13-14-22-24(15-21)29-16-23(25(22)27)19-9-11-20(26)12-10-19/h9-18,26H,5-8H2,1-4H3. The summed E-state index contributed by atoms with van der Waals surface area (Å²) in [5.74, 6) is 0.333. The van der Waals surface area contributed by atoms with Crippen LogP contribution < -0.4 is 9.95 Å². The normalized spacial score (nSPS) is 15.2. The van der Waals surface area contributed by atoms with Crippen LogP contribution in [-0.2, 0) is 13.6 Å². The smallest absolute Gasteiger partial charge is 0.508 e. The molecule has 0 amide bonds. The van der Waals surface area contributed by atoms with Crippen molar-refractivity contribution in [2.24, 2.45) is 0 Å². The molecule has 3 aromatic rings. The summed E-state index contributed by atoms with van der Waals surface area (Å²) in [6.07, 6.45) is 3.92. The van der Waals surface area contributed by atoms with Gasteiger partial charge in [0.2, 0.25) is 0 Å². The van der Waals surface area contributed by atoms with E-state index >= 15 is 0 Å². The molecular weight excluding hydrogens is 443 g/mol. The molecule has 0 radical (unpaired) electrons. The molecule has 0 spiro atoms. The lowest BCUT2D eigenvalue weighted by Gasteiger charge is -2.24. The van der Waals surface area contributed by atoms with Crippen molar-refractivity contribution in [3.8, 4) is 22.6 Å². The Morgan fingerprint density at radius 3 is 2.15 bits per heavy atom. The van der Waals surface area contributed by atoms with E-state index in [4.69, 9.17) is 18.0 Å². The fourth-order valence-corrected chi connectivity index (χ4v) is 5.16. The quantitative estimate of drug-likeness (QED) is 0.297. The summed E-state index contributed by atoms with van der Waals surface area (Å²) in [4.78, 5) is 13.0. The predicted octanol–water partition coefficient (Wildman–Crippen LogP) is 7.06. The molecule has 0 aliphatic rings. The molecule has 0 fully saturated rings. The van der Waals surface area contributed by atoms with Crippen LogP contribution in [0.1, 0.15) is 53.4 Å². The van der Waals surface area contributed by atoms with Crippen LogP contribution in [-0.4, -0.2) is 17.3 Å². The minimum Gasteiger partial charge on any atom is -0.508 e. The van der Waals surface area contributed by atoms with Gasteiger partial charge in [0.25, 0.3) is 0 Å². The molecule has 178 valence electrons. The summed E-state index contributed by atoms with van der Waals surface area (Å²) in [6, 6.07) is 10.9. The highest BCUT2D eigenvalue weighted by Crippen LogP contribution is 2.52. The van der Waals surface area contributed by atoms with Crippen LogP contribution in [0.5, 0.6) is 11.5 Å². The molecule has 2 aromatic carbocycles. The van der Waals surface area contributed by atoms with E-state index in [0.717, 1.165) is 12.8 Å². The van der Waals surface area contributed by atoms with E-state index in [-0.39, 0.29) is 34.7 Å². The van der Waals surface area contributed by atoms with Crippen molar-refractivity contribution in [2.75, 3.05) is 0 Å². The van der Waals surface area contributed by atoms with E-state index in [1.54, 1.807) is 24.3 Å². The van der Waals surface area contributed by atoms with Gasteiger partial charge >= 0.3 is 7.82 Å². The number of rotatable bonds is 11. The van der Waals surface area contributed by atoms with E-state index in [9.17, 15) is 14.5 Å². The minimum atomic E-state index is -3.91. The van der Waals surface area contributed by atoms with Crippen LogP contribution in [0.4, 0.5) is 0 Å². The van der Waals surface area contributed by atoms with Gasteiger partial charge in [0.15, 0.2) is 5.43 Å². The molecule has 1 aromatic heterocycles. The second kappa shape index (κ2) is 11.0. The zero-order valence-electron chi connectivity index (χ0n) is 19.4. The van der Waals surface area contributed by atoms with E-state index < -0.39 is 7.82 Å². The van der Waals surface area contributed by atoms with E-state index in [2.05, 4.69) is 0 Å². The topological polar surface area (TPSA) is 95.2 Å². The minimum absolute atomic E-state index is 0.112. The van der Waals surface area contributed by atoms with Gasteiger partial charge in [-0.1, -0.05) is 38.8 Å². The summed E-state index contributed by atoms with van der Waals surface area (Å²) < 4.78 is 36.3. The third kappa shape index (κ3) is 6.47. The first-order chi connectivity index (χ1) is 15.7. The van der Waals surface area contributed by atoms with Crippen molar-refractivity contribution in [3.63, 3.8) is 0 Å². The van der Waals surface area contributed by atoms with Gasteiger partial charge in [0.1, 0.15) is 23.3 Å². The number of hydrogen-bond donors (Lipinski definition) is 1. The Kier molecular flexibility index (Phi) is 8.35. The first-order valence-electron chi connectivity index (χ1n) is 11.3. The SMILES string of the molecule is CCCC(C)OP(=O)(Oc1ccc2c(=O)c(-c3ccc(O)cc3)coc2c1)OC(C)CCC. The largest absolute Gasteiger partial charge is 0.530 e. The number of fused-ring (bicyclic) bond motifs is 1. The average Bonchev–Trinajstić information content (AvgIpc) is 2.74. The summed E-state index contributed by atoms with van der Waals surface area (Å²) in [7, 11) is -3.91. The van der Waals surface area contributed by atoms with Gasteiger partial charge in [0, 0.05) is 6.07 Å². The molecule has 0 aliphatic carbocycles. The Morgan fingerprint density at radius 1 is 0.970 bits per heavy atom. The van der Waals surface area contributed by atoms with Gasteiger partial charge < -0.3 is 14.0 Å². The molecule has 0 saturated heterocycles. The first-order valence-corrected chi connectivity index (χ1v) is 12.7. The molecule has 1 N–H and O–H groups in total. The lowest BCUT2D eigenvalue weighted by atomic mass is 10.1. The van der Waals surface area contributed by atoms with Crippen LogP contribution in [0.2, 0.25) is 0 Å². The lowest BCUT2D eigenvalue weighted by Crippen LogP contribution is -2.15. The maximum atomic E-state index is 13.4. The first kappa shape index (κ1) is 25.0. The van der Waals surface area contributed by atoms with Crippen molar-refractivity contribution in [1.29, 1.82) is 0 Å². The fourth-order valence-electron chi connectivity index (χ4n) is 3.56. The van der Waals surface area contributed by atoms with Crippen LogP contribution in [0.3, 0.4) is 0 Å². The Balaban J connectivity index is 1.91. The van der Waals surface area contributed by atoms with Gasteiger partial charge in [-0.15, -0.1) is 0 Å². The Bertz CT molecular complexity index is 1150. The average molecular weight is 474 g/mol. The maximum absolute atomic E-state index is 13.4. The highest BCUT2D eigenvalue weighted by Gasteiger charge is 2.33. The fraction of sp³-hybridized carbons (Fsp3) is 0.400. The Labute approximate surface area is 193 Å². The van der Waals surface area contributed by atoms with Gasteiger partial charge in [-0.2, -0.15) is 0 Å². The van der Waals surface area contributed by atoms with Gasteiger partial charge in [-0.3, -0.25) is 13.8 Å². The number of phenols is 1. The van der Waals surface area contributed by atoms with Crippen LogP contribution in [0, 0.1) is 0 Å².